The maximum atomic E-state index is 12.5. The largest absolute Gasteiger partial charge is 0.499 e. The van der Waals surface area contributed by atoms with Gasteiger partial charge in [-0.1, -0.05) is 12.1 Å². The van der Waals surface area contributed by atoms with Gasteiger partial charge in [-0.15, -0.1) is 0 Å². The van der Waals surface area contributed by atoms with Gasteiger partial charge in [-0.05, 0) is 48.9 Å². The predicted molar refractivity (Wildman–Crippen MR) is 104 cm³/mol. The Hall–Kier alpha value is -3.87. The highest BCUT2D eigenvalue weighted by molar-refractivity contribution is 6.10. The molecule has 3 rings (SSSR count). The van der Waals surface area contributed by atoms with Crippen molar-refractivity contribution in [3.05, 3.63) is 83.0 Å². The normalized spacial score (nSPS) is 11.5. The summed E-state index contributed by atoms with van der Waals surface area (Å²) in [5.74, 6) is -0.116. The van der Waals surface area contributed by atoms with Gasteiger partial charge in [0.2, 0.25) is 5.88 Å². The summed E-state index contributed by atoms with van der Waals surface area (Å²) in [7, 11) is 1.36. The molecule has 0 saturated heterocycles. The van der Waals surface area contributed by atoms with Crippen molar-refractivity contribution in [3.8, 4) is 22.9 Å². The summed E-state index contributed by atoms with van der Waals surface area (Å²) in [6.07, 6.45) is 1.63. The van der Waals surface area contributed by atoms with Gasteiger partial charge in [0.25, 0.3) is 5.56 Å². The predicted octanol–water partition coefficient (Wildman–Crippen LogP) is 3.62. The summed E-state index contributed by atoms with van der Waals surface area (Å²) in [5.41, 5.74) is 0.358. The average molecular weight is 378 g/mol. The van der Waals surface area contributed by atoms with E-state index in [1.807, 2.05) is 6.07 Å². The van der Waals surface area contributed by atoms with Crippen LogP contribution in [0.1, 0.15) is 6.92 Å². The first-order valence-electron chi connectivity index (χ1n) is 8.41. The van der Waals surface area contributed by atoms with Crippen LogP contribution in [0.4, 0.5) is 0 Å². The molecule has 0 aliphatic heterocycles. The lowest BCUT2D eigenvalue weighted by atomic mass is 10.1. The van der Waals surface area contributed by atoms with Gasteiger partial charge in [0.05, 0.1) is 12.8 Å². The number of benzene rings is 1. The summed E-state index contributed by atoms with van der Waals surface area (Å²) in [5, 5.41) is 9.61. The number of allylic oxidation sites excluding steroid dienone is 1. The second-order valence-electron chi connectivity index (χ2n) is 5.79. The highest BCUT2D eigenvalue weighted by Crippen LogP contribution is 2.26. The van der Waals surface area contributed by atoms with Crippen LogP contribution in [0.15, 0.2) is 77.4 Å². The maximum Gasteiger partial charge on any atom is 0.356 e. The first-order chi connectivity index (χ1) is 13.5. The van der Waals surface area contributed by atoms with Crippen LogP contribution in [-0.4, -0.2) is 27.7 Å². The number of nitrogens with zero attached hydrogens (tertiary/aromatic N) is 2. The number of rotatable bonds is 6. The van der Waals surface area contributed by atoms with Gasteiger partial charge < -0.3 is 14.6 Å². The minimum absolute atomic E-state index is 0.122. The Bertz CT molecular complexity index is 1070. The van der Waals surface area contributed by atoms with Crippen molar-refractivity contribution in [2.45, 2.75) is 6.92 Å². The van der Waals surface area contributed by atoms with Gasteiger partial charge in [0.1, 0.15) is 11.5 Å². The number of methoxy groups -OCH3 is 1. The lowest BCUT2D eigenvalue weighted by Gasteiger charge is -2.15. The van der Waals surface area contributed by atoms with Gasteiger partial charge in [0.15, 0.2) is 5.70 Å². The maximum absolute atomic E-state index is 12.5. The Balaban J connectivity index is 2.04. The minimum Gasteiger partial charge on any atom is -0.499 e. The molecular weight excluding hydrogens is 360 g/mol. The smallest absolute Gasteiger partial charge is 0.356 e. The molecule has 0 bridgehead atoms. The zero-order chi connectivity index (χ0) is 20.1. The Labute approximate surface area is 161 Å². The lowest BCUT2D eigenvalue weighted by molar-refractivity contribution is -0.131. The molecule has 0 aliphatic rings. The van der Waals surface area contributed by atoms with E-state index in [4.69, 9.17) is 9.47 Å². The second kappa shape index (κ2) is 8.22. The van der Waals surface area contributed by atoms with Gasteiger partial charge in [-0.2, -0.15) is 0 Å². The van der Waals surface area contributed by atoms with E-state index in [0.29, 0.717) is 22.9 Å². The van der Waals surface area contributed by atoms with Crippen LogP contribution in [-0.2, 0) is 9.53 Å². The molecule has 3 aromatic rings. The number of carboxylic acids is 1. The van der Waals surface area contributed by atoms with E-state index in [0.717, 1.165) is 4.57 Å². The average Bonchev–Trinajstić information content (AvgIpc) is 2.70. The van der Waals surface area contributed by atoms with Crippen molar-refractivity contribution in [1.82, 2.24) is 9.55 Å². The molecule has 0 aliphatic carbocycles. The molecular formula is C21H18N2O5. The molecule has 2 heterocycles. The Morgan fingerprint density at radius 3 is 2.39 bits per heavy atom. The molecule has 1 aromatic carbocycles. The summed E-state index contributed by atoms with van der Waals surface area (Å²) < 4.78 is 11.9. The van der Waals surface area contributed by atoms with Crippen molar-refractivity contribution in [1.29, 1.82) is 0 Å². The third-order valence-electron chi connectivity index (χ3n) is 4.03. The molecule has 0 amide bonds. The van der Waals surface area contributed by atoms with E-state index in [-0.39, 0.29) is 11.5 Å². The molecule has 142 valence electrons. The number of aromatic nitrogens is 2. The Morgan fingerprint density at radius 1 is 1.04 bits per heavy atom. The van der Waals surface area contributed by atoms with Crippen molar-refractivity contribution in [2.24, 2.45) is 0 Å². The van der Waals surface area contributed by atoms with E-state index in [2.05, 4.69) is 4.98 Å². The molecule has 7 heteroatoms. The third-order valence-corrected chi connectivity index (χ3v) is 4.03. The van der Waals surface area contributed by atoms with Gasteiger partial charge in [-0.3, -0.25) is 9.36 Å². The van der Waals surface area contributed by atoms with Crippen LogP contribution in [0.5, 0.6) is 11.6 Å². The van der Waals surface area contributed by atoms with Gasteiger partial charge >= 0.3 is 5.97 Å². The van der Waals surface area contributed by atoms with E-state index in [9.17, 15) is 14.7 Å². The molecule has 1 N–H and O–H groups in total. The molecule has 0 saturated carbocycles. The number of ether oxygens (including phenoxy) is 2. The van der Waals surface area contributed by atoms with Crippen LogP contribution in [0, 0.1) is 0 Å². The van der Waals surface area contributed by atoms with Gasteiger partial charge in [0, 0.05) is 18.3 Å². The fourth-order valence-corrected chi connectivity index (χ4v) is 2.67. The van der Waals surface area contributed by atoms with Crippen LogP contribution < -0.4 is 10.3 Å². The highest BCUT2D eigenvalue weighted by atomic mass is 16.5. The van der Waals surface area contributed by atoms with Crippen LogP contribution >= 0.6 is 0 Å². The number of carboxylic acid groups (broad SMARTS) is 1. The zero-order valence-electron chi connectivity index (χ0n) is 15.3. The first kappa shape index (κ1) is 18.9. The number of carbonyl (C=O) groups is 1. The summed E-state index contributed by atoms with van der Waals surface area (Å²) >= 11 is 0. The molecule has 0 atom stereocenters. The SMILES string of the molecule is COC(C)=C(C(=O)O)n1c(-c2ccc(Oc3ccccn3)cc2)cccc1=O. The molecule has 0 spiro atoms. The fourth-order valence-electron chi connectivity index (χ4n) is 2.67. The van der Waals surface area contributed by atoms with Crippen LogP contribution in [0.3, 0.4) is 0 Å². The number of aliphatic carboxylic acids is 1. The molecule has 0 fully saturated rings. The summed E-state index contributed by atoms with van der Waals surface area (Å²) in [6.45, 7) is 1.50. The van der Waals surface area contributed by atoms with Crippen LogP contribution in [0.2, 0.25) is 0 Å². The summed E-state index contributed by atoms with van der Waals surface area (Å²) in [4.78, 5) is 28.3. The quantitative estimate of drug-likeness (QED) is 0.520. The van der Waals surface area contributed by atoms with Gasteiger partial charge in [-0.25, -0.2) is 9.78 Å². The molecule has 0 unspecified atom stereocenters. The zero-order valence-corrected chi connectivity index (χ0v) is 15.3. The second-order valence-corrected chi connectivity index (χ2v) is 5.79. The Kier molecular flexibility index (Phi) is 5.55. The van der Waals surface area contributed by atoms with Crippen molar-refractivity contribution < 1.29 is 19.4 Å². The van der Waals surface area contributed by atoms with Crippen molar-refractivity contribution in [3.63, 3.8) is 0 Å². The van der Waals surface area contributed by atoms with E-state index in [1.54, 1.807) is 54.7 Å². The minimum atomic E-state index is -1.26. The topological polar surface area (TPSA) is 90.7 Å². The summed E-state index contributed by atoms with van der Waals surface area (Å²) in [6, 6.07) is 16.8. The molecule has 28 heavy (non-hydrogen) atoms. The van der Waals surface area contributed by atoms with Crippen molar-refractivity contribution >= 4 is 11.7 Å². The standard InChI is InChI=1S/C21H18N2O5/c1-14(27-2)20(21(25)26)23-17(6-5-8-19(23)24)15-9-11-16(12-10-15)28-18-7-3-4-13-22-18/h3-13H,1-2H3,(H,25,26). The third kappa shape index (κ3) is 3.93. The Morgan fingerprint density at radius 2 is 1.79 bits per heavy atom. The first-order valence-corrected chi connectivity index (χ1v) is 8.41. The monoisotopic (exact) mass is 378 g/mol. The lowest BCUT2D eigenvalue weighted by Crippen LogP contribution is -2.25. The fraction of sp³-hybridized carbons (Fsp3) is 0.0952. The van der Waals surface area contributed by atoms with Crippen molar-refractivity contribution in [2.75, 3.05) is 7.11 Å². The van der Waals surface area contributed by atoms with E-state index in [1.165, 1.54) is 20.1 Å². The molecule has 0 radical (unpaired) electrons. The highest BCUT2D eigenvalue weighted by Gasteiger charge is 2.20. The number of hydrogen-bond acceptors (Lipinski definition) is 5. The van der Waals surface area contributed by atoms with E-state index < -0.39 is 11.5 Å². The number of hydrogen-bond donors (Lipinski definition) is 1. The molecule has 2 aromatic heterocycles. The number of pyridine rings is 2. The molecule has 7 nitrogen and oxygen atoms in total. The van der Waals surface area contributed by atoms with E-state index >= 15 is 0 Å². The van der Waals surface area contributed by atoms with Crippen LogP contribution in [0.25, 0.3) is 17.0 Å².